The number of carbonyl (C=O) groups excluding carboxylic acids is 1. The number of fused-ring (bicyclic) bond motifs is 3. The highest BCUT2D eigenvalue weighted by atomic mass is 35.5. The monoisotopic (exact) mass is 494 g/mol. The molecule has 35 heavy (non-hydrogen) atoms. The summed E-state index contributed by atoms with van der Waals surface area (Å²) in [6.45, 7) is 2.94. The van der Waals surface area contributed by atoms with Crippen molar-refractivity contribution in [3.8, 4) is 11.3 Å². The molecule has 2 atom stereocenters. The van der Waals surface area contributed by atoms with E-state index in [4.69, 9.17) is 27.1 Å². The Bertz CT molecular complexity index is 1370. The van der Waals surface area contributed by atoms with E-state index in [0.717, 1.165) is 29.9 Å². The molecule has 2 N–H and O–H groups in total. The van der Waals surface area contributed by atoms with E-state index >= 15 is 0 Å². The van der Waals surface area contributed by atoms with Crippen molar-refractivity contribution in [3.63, 3.8) is 0 Å². The van der Waals surface area contributed by atoms with Crippen LogP contribution in [-0.4, -0.2) is 78.8 Å². The van der Waals surface area contributed by atoms with E-state index < -0.39 is 0 Å². The minimum Gasteiger partial charge on any atom is -0.379 e. The second kappa shape index (κ2) is 8.91. The molecule has 12 heteroatoms. The topological polar surface area (TPSA) is 128 Å². The third-order valence-electron chi connectivity index (χ3n) is 6.60. The Morgan fingerprint density at radius 2 is 2.00 bits per heavy atom. The lowest BCUT2D eigenvalue weighted by molar-refractivity contribution is -0.0330. The van der Waals surface area contributed by atoms with E-state index in [1.807, 2.05) is 45.8 Å². The second-order valence-corrected chi connectivity index (χ2v) is 9.22. The Hall–Kier alpha value is -3.54. The van der Waals surface area contributed by atoms with Crippen LogP contribution in [0, 0.1) is 0 Å². The number of halogens is 1. The fourth-order valence-corrected chi connectivity index (χ4v) is 5.09. The molecule has 4 aromatic rings. The van der Waals surface area contributed by atoms with Gasteiger partial charge in [0.25, 0.3) is 5.91 Å². The zero-order chi connectivity index (χ0) is 23.9. The summed E-state index contributed by atoms with van der Waals surface area (Å²) in [5.41, 5.74) is 8.71. The molecule has 0 spiro atoms. The summed E-state index contributed by atoms with van der Waals surface area (Å²) < 4.78 is 12.5. The van der Waals surface area contributed by atoms with Crippen LogP contribution in [0.4, 0.5) is 5.82 Å². The maximum atomic E-state index is 13.3. The first-order valence-electron chi connectivity index (χ1n) is 11.4. The Morgan fingerprint density at radius 3 is 2.80 bits per heavy atom. The highest BCUT2D eigenvalue weighted by molar-refractivity contribution is 6.30. The average molecular weight is 495 g/mol. The summed E-state index contributed by atoms with van der Waals surface area (Å²) in [6, 6.07) is 9.31. The van der Waals surface area contributed by atoms with Crippen molar-refractivity contribution in [1.29, 1.82) is 0 Å². The number of nitrogens with zero attached hydrogens (tertiary/aromatic N) is 7. The van der Waals surface area contributed by atoms with Crippen molar-refractivity contribution >= 4 is 29.1 Å². The molecule has 2 aliphatic heterocycles. The maximum absolute atomic E-state index is 13.3. The smallest absolute Gasteiger partial charge is 0.280 e. The van der Waals surface area contributed by atoms with Gasteiger partial charge in [-0.1, -0.05) is 23.7 Å². The average Bonchev–Trinajstić information content (AvgIpc) is 3.43. The summed E-state index contributed by atoms with van der Waals surface area (Å²) in [5.74, 6) is 0.362. The van der Waals surface area contributed by atoms with Crippen LogP contribution in [0.25, 0.3) is 17.0 Å². The predicted octanol–water partition coefficient (Wildman–Crippen LogP) is 2.13. The highest BCUT2D eigenvalue weighted by Gasteiger charge is 2.40. The molecule has 11 nitrogen and oxygen atoms in total. The van der Waals surface area contributed by atoms with Crippen molar-refractivity contribution < 1.29 is 14.2 Å². The maximum Gasteiger partial charge on any atom is 0.280 e. The number of aromatic nitrogens is 5. The third-order valence-corrected chi connectivity index (χ3v) is 6.85. The van der Waals surface area contributed by atoms with Gasteiger partial charge in [-0.05, 0) is 34.9 Å². The molecule has 180 valence electrons. The number of amides is 1. The van der Waals surface area contributed by atoms with E-state index in [1.54, 1.807) is 6.20 Å². The SMILES string of the molecule is Nc1nonc1C(=O)N1C2CCN(Cc3c(-c4ccc(Cl)cc4)nc4ncccn34)CC1COC2. The number of nitrogens with two attached hydrogens (primary N) is 1. The van der Waals surface area contributed by atoms with Crippen LogP contribution in [0.1, 0.15) is 22.6 Å². The lowest BCUT2D eigenvalue weighted by Gasteiger charge is -2.40. The molecular weight excluding hydrogens is 472 g/mol. The summed E-state index contributed by atoms with van der Waals surface area (Å²) in [5, 5.41) is 7.97. The van der Waals surface area contributed by atoms with Crippen molar-refractivity contribution in [3.05, 3.63) is 59.1 Å². The van der Waals surface area contributed by atoms with Gasteiger partial charge in [-0.3, -0.25) is 14.1 Å². The molecule has 3 aromatic heterocycles. The summed E-state index contributed by atoms with van der Waals surface area (Å²) in [6.07, 6.45) is 4.45. The minimum absolute atomic E-state index is 0.000862. The van der Waals surface area contributed by atoms with Gasteiger partial charge in [0, 0.05) is 42.6 Å². The van der Waals surface area contributed by atoms with Crippen LogP contribution in [0.3, 0.4) is 0 Å². The number of hydrogen-bond acceptors (Lipinski definition) is 9. The lowest BCUT2D eigenvalue weighted by atomic mass is 10.1. The van der Waals surface area contributed by atoms with Gasteiger partial charge >= 0.3 is 0 Å². The largest absolute Gasteiger partial charge is 0.379 e. The molecule has 1 amide bonds. The van der Waals surface area contributed by atoms with Gasteiger partial charge in [0.2, 0.25) is 17.3 Å². The van der Waals surface area contributed by atoms with Gasteiger partial charge in [-0.15, -0.1) is 0 Å². The number of nitrogen functional groups attached to an aromatic ring is 1. The quantitative estimate of drug-likeness (QED) is 0.453. The van der Waals surface area contributed by atoms with Crippen LogP contribution in [0.15, 0.2) is 47.4 Å². The number of benzene rings is 1. The Labute approximate surface area is 205 Å². The number of ether oxygens (including phenoxy) is 1. The standard InChI is InChI=1S/C23H23ClN8O3/c24-15-4-2-14(3-5-15)19-18(31-8-1-7-26-23(31)27-19)11-30-9-6-16-12-34-13-17(10-30)32(16)22(33)20-21(25)29-35-28-20/h1-5,7-8,16-17H,6,9-13H2,(H2,25,29). The zero-order valence-electron chi connectivity index (χ0n) is 18.7. The molecule has 2 aliphatic rings. The molecule has 5 heterocycles. The molecule has 2 unspecified atom stereocenters. The van der Waals surface area contributed by atoms with Gasteiger partial charge < -0.3 is 15.4 Å². The number of hydrogen-bond donors (Lipinski definition) is 1. The van der Waals surface area contributed by atoms with Crippen molar-refractivity contribution in [2.24, 2.45) is 0 Å². The molecule has 2 fully saturated rings. The van der Waals surface area contributed by atoms with Crippen LogP contribution in [-0.2, 0) is 11.3 Å². The number of carbonyl (C=O) groups is 1. The molecule has 0 saturated carbocycles. The normalized spacial score (nSPS) is 20.8. The first kappa shape index (κ1) is 22.0. The molecule has 2 bridgehead atoms. The Kier molecular flexibility index (Phi) is 5.59. The van der Waals surface area contributed by atoms with E-state index in [2.05, 4.69) is 24.8 Å². The Balaban J connectivity index is 1.32. The number of anilines is 1. The lowest BCUT2D eigenvalue weighted by Crippen LogP contribution is -2.56. The first-order valence-corrected chi connectivity index (χ1v) is 11.7. The molecule has 6 rings (SSSR count). The molecule has 0 aliphatic carbocycles. The highest BCUT2D eigenvalue weighted by Crippen LogP contribution is 2.29. The third kappa shape index (κ3) is 4.01. The van der Waals surface area contributed by atoms with Crippen LogP contribution in [0.2, 0.25) is 5.02 Å². The summed E-state index contributed by atoms with van der Waals surface area (Å²) in [4.78, 5) is 26.7. The van der Waals surface area contributed by atoms with Crippen molar-refractivity contribution in [1.82, 2.24) is 34.5 Å². The fraction of sp³-hybridized carbons (Fsp3) is 0.348. The predicted molar refractivity (Wildman–Crippen MR) is 127 cm³/mol. The van der Waals surface area contributed by atoms with E-state index in [0.29, 0.717) is 37.1 Å². The molecule has 0 radical (unpaired) electrons. The van der Waals surface area contributed by atoms with Gasteiger partial charge in [0.05, 0.1) is 36.7 Å². The summed E-state index contributed by atoms with van der Waals surface area (Å²) >= 11 is 6.12. The Morgan fingerprint density at radius 1 is 1.17 bits per heavy atom. The zero-order valence-corrected chi connectivity index (χ0v) is 19.5. The molecule has 2 saturated heterocycles. The number of rotatable bonds is 4. The molecule has 1 aromatic carbocycles. The fourth-order valence-electron chi connectivity index (χ4n) is 4.96. The van der Waals surface area contributed by atoms with Crippen LogP contribution in [0.5, 0.6) is 0 Å². The van der Waals surface area contributed by atoms with Gasteiger partial charge in [-0.2, -0.15) is 0 Å². The van der Waals surface area contributed by atoms with Crippen molar-refractivity contribution in [2.45, 2.75) is 25.0 Å². The van der Waals surface area contributed by atoms with E-state index in [9.17, 15) is 4.79 Å². The van der Waals surface area contributed by atoms with Gasteiger partial charge in [0.1, 0.15) is 0 Å². The van der Waals surface area contributed by atoms with Gasteiger partial charge in [0.15, 0.2) is 0 Å². The van der Waals surface area contributed by atoms with Gasteiger partial charge in [-0.25, -0.2) is 14.6 Å². The van der Waals surface area contributed by atoms with E-state index in [1.165, 1.54) is 0 Å². The first-order chi connectivity index (χ1) is 17.1. The summed E-state index contributed by atoms with van der Waals surface area (Å²) in [7, 11) is 0. The second-order valence-electron chi connectivity index (χ2n) is 8.78. The van der Waals surface area contributed by atoms with Crippen molar-refractivity contribution in [2.75, 3.05) is 32.0 Å². The van der Waals surface area contributed by atoms with Crippen LogP contribution < -0.4 is 5.73 Å². The number of imidazole rings is 1. The minimum atomic E-state index is -0.273. The molecular formula is C23H23ClN8O3. The number of morpholine rings is 1. The van der Waals surface area contributed by atoms with Crippen LogP contribution >= 0.6 is 11.6 Å². The van der Waals surface area contributed by atoms with E-state index in [-0.39, 0.29) is 29.5 Å².